The average molecular weight is 438 g/mol. The standard InChI is InChI=1S/C21H24ClNO5S/c1-13(2)20(23-29(26,27)17-9-7-16(22)8-10-17)21(25)28-12-19(24)18-11-14(3)5-6-15(18)4/h5-11,13,20,23H,12H2,1-4H3. The van der Waals surface area contributed by atoms with Crippen LogP contribution in [-0.4, -0.2) is 32.8 Å². The molecule has 29 heavy (non-hydrogen) atoms. The molecule has 8 heteroatoms. The summed E-state index contributed by atoms with van der Waals surface area (Å²) in [6.45, 7) is 6.56. The van der Waals surface area contributed by atoms with E-state index in [1.807, 2.05) is 19.1 Å². The fourth-order valence-corrected chi connectivity index (χ4v) is 4.10. The minimum atomic E-state index is -3.96. The van der Waals surface area contributed by atoms with E-state index in [0.717, 1.165) is 11.1 Å². The van der Waals surface area contributed by atoms with Crippen molar-refractivity contribution in [1.82, 2.24) is 4.72 Å². The van der Waals surface area contributed by atoms with E-state index in [1.165, 1.54) is 24.3 Å². The SMILES string of the molecule is Cc1ccc(C)c(C(=O)COC(=O)C(NS(=O)(=O)c2ccc(Cl)cc2)C(C)C)c1. The highest BCUT2D eigenvalue weighted by atomic mass is 35.5. The van der Waals surface area contributed by atoms with Gasteiger partial charge in [0.05, 0.1) is 4.90 Å². The number of Topliss-reactive ketones (excluding diaryl/α,β-unsaturated/α-hetero) is 1. The van der Waals surface area contributed by atoms with Gasteiger partial charge in [0.1, 0.15) is 6.04 Å². The number of carbonyl (C=O) groups is 2. The topological polar surface area (TPSA) is 89.5 Å². The van der Waals surface area contributed by atoms with Crippen LogP contribution in [0.3, 0.4) is 0 Å². The van der Waals surface area contributed by atoms with Crippen LogP contribution in [0, 0.1) is 19.8 Å². The lowest BCUT2D eigenvalue weighted by Gasteiger charge is -2.21. The number of benzene rings is 2. The molecule has 0 fully saturated rings. The highest BCUT2D eigenvalue weighted by molar-refractivity contribution is 7.89. The molecule has 0 spiro atoms. The van der Waals surface area contributed by atoms with Crippen LogP contribution >= 0.6 is 11.6 Å². The Labute approximate surface area is 176 Å². The molecule has 0 aliphatic rings. The molecule has 2 rings (SSSR count). The summed E-state index contributed by atoms with van der Waals surface area (Å²) in [5, 5.41) is 0.397. The van der Waals surface area contributed by atoms with E-state index in [1.54, 1.807) is 26.8 Å². The summed E-state index contributed by atoms with van der Waals surface area (Å²) in [5.74, 6) is -1.54. The third-order valence-electron chi connectivity index (χ3n) is 4.37. The monoisotopic (exact) mass is 437 g/mol. The van der Waals surface area contributed by atoms with Gasteiger partial charge in [-0.2, -0.15) is 4.72 Å². The second-order valence-corrected chi connectivity index (χ2v) is 9.30. The second kappa shape index (κ2) is 9.52. The molecular weight excluding hydrogens is 414 g/mol. The third-order valence-corrected chi connectivity index (χ3v) is 6.07. The number of hydrogen-bond donors (Lipinski definition) is 1. The van der Waals surface area contributed by atoms with Crippen LogP contribution in [0.25, 0.3) is 0 Å². The number of esters is 1. The number of aryl methyl sites for hydroxylation is 2. The van der Waals surface area contributed by atoms with E-state index >= 15 is 0 Å². The number of rotatable bonds is 8. The molecular formula is C21H24ClNO5S. The Morgan fingerprint density at radius 3 is 2.28 bits per heavy atom. The second-order valence-electron chi connectivity index (χ2n) is 7.15. The first-order chi connectivity index (χ1) is 13.5. The Kier molecular flexibility index (Phi) is 7.57. The lowest BCUT2D eigenvalue weighted by atomic mass is 10.0. The number of ketones is 1. The molecule has 1 unspecified atom stereocenters. The first kappa shape index (κ1) is 23.1. The van der Waals surface area contributed by atoms with Crippen molar-refractivity contribution >= 4 is 33.4 Å². The van der Waals surface area contributed by atoms with E-state index in [9.17, 15) is 18.0 Å². The van der Waals surface area contributed by atoms with Crippen LogP contribution in [0.15, 0.2) is 47.4 Å². The molecule has 0 amide bonds. The zero-order chi connectivity index (χ0) is 21.8. The van der Waals surface area contributed by atoms with Crippen molar-refractivity contribution in [2.24, 2.45) is 5.92 Å². The fourth-order valence-electron chi connectivity index (χ4n) is 2.65. The Morgan fingerprint density at radius 1 is 1.07 bits per heavy atom. The van der Waals surface area contributed by atoms with Crippen LogP contribution in [0.1, 0.15) is 35.3 Å². The van der Waals surface area contributed by atoms with Crippen molar-refractivity contribution in [3.63, 3.8) is 0 Å². The molecule has 1 atom stereocenters. The number of nitrogens with one attached hydrogen (secondary N) is 1. The molecule has 0 bridgehead atoms. The minimum Gasteiger partial charge on any atom is -0.456 e. The third kappa shape index (κ3) is 6.13. The maximum atomic E-state index is 12.6. The Hall–Kier alpha value is -2.22. The number of hydrogen-bond acceptors (Lipinski definition) is 5. The number of carbonyl (C=O) groups excluding carboxylic acids is 2. The van der Waals surface area contributed by atoms with Gasteiger partial charge in [0.2, 0.25) is 15.8 Å². The molecule has 156 valence electrons. The molecule has 0 saturated heterocycles. The smallest absolute Gasteiger partial charge is 0.324 e. The maximum absolute atomic E-state index is 12.6. The van der Waals surface area contributed by atoms with Gasteiger partial charge in [-0.3, -0.25) is 9.59 Å². The van der Waals surface area contributed by atoms with Gasteiger partial charge in [-0.05, 0) is 55.7 Å². The highest BCUT2D eigenvalue weighted by Gasteiger charge is 2.30. The molecule has 2 aromatic carbocycles. The first-order valence-electron chi connectivity index (χ1n) is 9.06. The molecule has 0 heterocycles. The molecule has 0 aromatic heterocycles. The van der Waals surface area contributed by atoms with E-state index in [-0.39, 0.29) is 16.6 Å². The zero-order valence-electron chi connectivity index (χ0n) is 16.7. The van der Waals surface area contributed by atoms with Gasteiger partial charge in [-0.25, -0.2) is 8.42 Å². The molecule has 0 saturated carbocycles. The van der Waals surface area contributed by atoms with E-state index in [2.05, 4.69) is 4.72 Å². The van der Waals surface area contributed by atoms with Gasteiger partial charge < -0.3 is 4.74 Å². The Bertz CT molecular complexity index is 1000. The zero-order valence-corrected chi connectivity index (χ0v) is 18.3. The summed E-state index contributed by atoms with van der Waals surface area (Å²) in [4.78, 5) is 24.9. The summed E-state index contributed by atoms with van der Waals surface area (Å²) in [6, 6.07) is 9.88. The Morgan fingerprint density at radius 2 is 1.69 bits per heavy atom. The molecule has 6 nitrogen and oxygen atoms in total. The van der Waals surface area contributed by atoms with Crippen molar-refractivity contribution in [2.45, 2.75) is 38.6 Å². The van der Waals surface area contributed by atoms with Crippen LogP contribution < -0.4 is 4.72 Å². The van der Waals surface area contributed by atoms with Gasteiger partial charge in [0.25, 0.3) is 0 Å². The highest BCUT2D eigenvalue weighted by Crippen LogP contribution is 2.17. The van der Waals surface area contributed by atoms with Crippen molar-refractivity contribution in [2.75, 3.05) is 6.61 Å². The van der Waals surface area contributed by atoms with Crippen molar-refractivity contribution in [3.8, 4) is 0 Å². The Balaban J connectivity index is 2.10. The average Bonchev–Trinajstić information content (AvgIpc) is 2.66. The summed E-state index contributed by atoms with van der Waals surface area (Å²) in [5.41, 5.74) is 2.17. The van der Waals surface area contributed by atoms with Gasteiger partial charge in [0, 0.05) is 10.6 Å². The van der Waals surface area contributed by atoms with E-state index < -0.39 is 28.6 Å². The first-order valence-corrected chi connectivity index (χ1v) is 10.9. The number of sulfonamides is 1. The van der Waals surface area contributed by atoms with Crippen LogP contribution in [0.5, 0.6) is 0 Å². The fraction of sp³-hybridized carbons (Fsp3) is 0.333. The summed E-state index contributed by atoms with van der Waals surface area (Å²) in [6.07, 6.45) is 0. The largest absolute Gasteiger partial charge is 0.456 e. The molecule has 0 radical (unpaired) electrons. The van der Waals surface area contributed by atoms with Crippen LogP contribution in [0.2, 0.25) is 5.02 Å². The number of ether oxygens (including phenoxy) is 1. The summed E-state index contributed by atoms with van der Waals surface area (Å²) < 4.78 is 32.6. The normalized spacial score (nSPS) is 12.6. The molecule has 1 N–H and O–H groups in total. The van der Waals surface area contributed by atoms with Gasteiger partial charge >= 0.3 is 5.97 Å². The lowest BCUT2D eigenvalue weighted by Crippen LogP contribution is -2.45. The molecule has 0 aliphatic carbocycles. The van der Waals surface area contributed by atoms with E-state index in [0.29, 0.717) is 10.6 Å². The van der Waals surface area contributed by atoms with Gasteiger partial charge in [0.15, 0.2) is 6.61 Å². The van der Waals surface area contributed by atoms with Gasteiger partial charge in [-0.1, -0.05) is 43.1 Å². The van der Waals surface area contributed by atoms with Crippen molar-refractivity contribution in [1.29, 1.82) is 0 Å². The predicted molar refractivity (Wildman–Crippen MR) is 112 cm³/mol. The van der Waals surface area contributed by atoms with Crippen LogP contribution in [-0.2, 0) is 19.6 Å². The van der Waals surface area contributed by atoms with Crippen molar-refractivity contribution in [3.05, 3.63) is 64.2 Å². The summed E-state index contributed by atoms with van der Waals surface area (Å²) in [7, 11) is -3.96. The predicted octanol–water partition coefficient (Wildman–Crippen LogP) is 3.69. The number of halogens is 1. The van der Waals surface area contributed by atoms with Gasteiger partial charge in [-0.15, -0.1) is 0 Å². The quantitative estimate of drug-likeness (QED) is 0.502. The summed E-state index contributed by atoms with van der Waals surface area (Å²) >= 11 is 5.79. The van der Waals surface area contributed by atoms with Crippen LogP contribution in [0.4, 0.5) is 0 Å². The minimum absolute atomic E-state index is 0.0215. The molecule has 2 aromatic rings. The molecule has 0 aliphatic heterocycles. The van der Waals surface area contributed by atoms with Crippen molar-refractivity contribution < 1.29 is 22.7 Å². The lowest BCUT2D eigenvalue weighted by molar-refractivity contribution is -0.145. The maximum Gasteiger partial charge on any atom is 0.324 e. The van der Waals surface area contributed by atoms with E-state index in [4.69, 9.17) is 16.3 Å².